The van der Waals surface area contributed by atoms with Gasteiger partial charge >= 0.3 is 0 Å². The molecule has 0 amide bonds. The Labute approximate surface area is 94.1 Å². The molecule has 3 nitrogen and oxygen atoms in total. The van der Waals surface area contributed by atoms with E-state index in [1.54, 1.807) is 6.92 Å². The van der Waals surface area contributed by atoms with E-state index >= 15 is 0 Å². The number of carbonyl (C=O) groups excluding carboxylic acids is 1. The lowest BCUT2D eigenvalue weighted by atomic mass is 10.2. The predicted octanol–water partition coefficient (Wildman–Crippen LogP) is 2.72. The maximum absolute atomic E-state index is 11.6. The molecule has 1 saturated carbocycles. The van der Waals surface area contributed by atoms with E-state index in [-0.39, 0.29) is 5.78 Å². The van der Waals surface area contributed by atoms with Gasteiger partial charge in [-0.15, -0.1) is 0 Å². The second-order valence-electron chi connectivity index (χ2n) is 4.54. The summed E-state index contributed by atoms with van der Waals surface area (Å²) in [6.45, 7) is 3.64. The Balaban J connectivity index is 2.37. The molecule has 0 atom stereocenters. The summed E-state index contributed by atoms with van der Waals surface area (Å²) < 4.78 is 2.13. The first-order chi connectivity index (χ1) is 7.68. The maximum Gasteiger partial charge on any atom is 0.180 e. The summed E-state index contributed by atoms with van der Waals surface area (Å²) in [5, 5.41) is 0. The highest BCUT2D eigenvalue weighted by molar-refractivity contribution is 5.99. The third-order valence-corrected chi connectivity index (χ3v) is 3.16. The van der Waals surface area contributed by atoms with Crippen molar-refractivity contribution in [3.63, 3.8) is 0 Å². The number of Topliss-reactive ketones (excluding diaryl/α,β-unsaturated/α-hetero) is 1. The van der Waals surface area contributed by atoms with Gasteiger partial charge in [0.2, 0.25) is 0 Å². The number of fused-ring (bicyclic) bond motifs is 1. The zero-order valence-electron chi connectivity index (χ0n) is 9.53. The molecule has 1 aliphatic rings. The molecule has 1 aliphatic carbocycles. The van der Waals surface area contributed by atoms with Crippen molar-refractivity contribution in [1.82, 2.24) is 9.38 Å². The van der Waals surface area contributed by atoms with Gasteiger partial charge in [-0.25, -0.2) is 4.98 Å². The molecule has 0 N–H and O–H groups in total. The van der Waals surface area contributed by atoms with Gasteiger partial charge in [-0.05, 0) is 31.9 Å². The van der Waals surface area contributed by atoms with Crippen LogP contribution in [0.1, 0.15) is 47.7 Å². The molecule has 0 radical (unpaired) electrons. The topological polar surface area (TPSA) is 34.4 Å². The van der Waals surface area contributed by atoms with Crippen molar-refractivity contribution in [1.29, 1.82) is 0 Å². The average molecular weight is 214 g/mol. The maximum atomic E-state index is 11.6. The number of aryl methyl sites for hydroxylation is 1. The number of imidazole rings is 1. The van der Waals surface area contributed by atoms with Crippen molar-refractivity contribution in [3.8, 4) is 0 Å². The van der Waals surface area contributed by atoms with Crippen molar-refractivity contribution in [2.24, 2.45) is 0 Å². The minimum absolute atomic E-state index is 0.0509. The third kappa shape index (κ3) is 1.28. The van der Waals surface area contributed by atoms with Gasteiger partial charge in [-0.1, -0.05) is 6.07 Å². The van der Waals surface area contributed by atoms with E-state index in [1.807, 2.05) is 12.1 Å². The van der Waals surface area contributed by atoms with E-state index in [4.69, 9.17) is 0 Å². The Morgan fingerprint density at radius 2 is 2.19 bits per heavy atom. The molecule has 0 spiro atoms. The Morgan fingerprint density at radius 3 is 2.81 bits per heavy atom. The normalized spacial score (nSPS) is 15.6. The van der Waals surface area contributed by atoms with Crippen molar-refractivity contribution in [2.45, 2.75) is 32.6 Å². The summed E-state index contributed by atoms with van der Waals surface area (Å²) in [4.78, 5) is 16.1. The van der Waals surface area contributed by atoms with Gasteiger partial charge in [-0.3, -0.25) is 4.79 Å². The van der Waals surface area contributed by atoms with Crippen molar-refractivity contribution in [2.75, 3.05) is 0 Å². The van der Waals surface area contributed by atoms with Crippen LogP contribution in [0.2, 0.25) is 0 Å². The highest BCUT2D eigenvalue weighted by atomic mass is 16.1. The van der Waals surface area contributed by atoms with Crippen LogP contribution < -0.4 is 0 Å². The van der Waals surface area contributed by atoms with Gasteiger partial charge in [-0.2, -0.15) is 0 Å². The first-order valence-corrected chi connectivity index (χ1v) is 5.67. The van der Waals surface area contributed by atoms with E-state index in [1.165, 1.54) is 12.8 Å². The summed E-state index contributed by atoms with van der Waals surface area (Å²) in [5.41, 5.74) is 2.72. The molecule has 0 aliphatic heterocycles. The van der Waals surface area contributed by atoms with Gasteiger partial charge in [0, 0.05) is 18.5 Å². The Kier molecular flexibility index (Phi) is 1.90. The minimum atomic E-state index is 0.0509. The Bertz CT molecular complexity index is 579. The SMILES string of the molecule is CC(=O)c1nc(C2CC2)n2c(C)cccc12. The van der Waals surface area contributed by atoms with Crippen molar-refractivity contribution >= 4 is 11.3 Å². The minimum Gasteiger partial charge on any atom is -0.300 e. The molecular formula is C13H14N2O. The molecule has 0 saturated heterocycles. The monoisotopic (exact) mass is 214 g/mol. The molecule has 1 fully saturated rings. The number of hydrogen-bond donors (Lipinski definition) is 0. The van der Waals surface area contributed by atoms with Crippen LogP contribution in [0.3, 0.4) is 0 Å². The van der Waals surface area contributed by atoms with Gasteiger partial charge in [0.25, 0.3) is 0 Å². The van der Waals surface area contributed by atoms with Crippen molar-refractivity contribution < 1.29 is 4.79 Å². The summed E-state index contributed by atoms with van der Waals surface area (Å²) in [5.74, 6) is 1.68. The average Bonchev–Trinajstić information content (AvgIpc) is 2.99. The number of aromatic nitrogens is 2. The molecule has 2 aromatic rings. The van der Waals surface area contributed by atoms with Gasteiger partial charge in [0.15, 0.2) is 5.78 Å². The molecule has 3 rings (SSSR count). The smallest absolute Gasteiger partial charge is 0.180 e. The highest BCUT2D eigenvalue weighted by Gasteiger charge is 2.30. The fourth-order valence-electron chi connectivity index (χ4n) is 2.20. The molecule has 82 valence electrons. The van der Waals surface area contributed by atoms with Crippen LogP contribution in [0.5, 0.6) is 0 Å². The van der Waals surface area contributed by atoms with Gasteiger partial charge in [0.1, 0.15) is 11.5 Å². The third-order valence-electron chi connectivity index (χ3n) is 3.16. The Morgan fingerprint density at radius 1 is 1.44 bits per heavy atom. The standard InChI is InChI=1S/C13H14N2O/c1-8-4-3-5-11-12(9(2)16)14-13(15(8)11)10-6-7-10/h3-5,10H,6-7H2,1-2H3. The van der Waals surface area contributed by atoms with Gasteiger partial charge in [0.05, 0.1) is 5.52 Å². The lowest BCUT2D eigenvalue weighted by Gasteiger charge is -2.03. The molecule has 0 unspecified atom stereocenters. The molecule has 0 aromatic carbocycles. The molecule has 2 heterocycles. The van der Waals surface area contributed by atoms with Crippen LogP contribution in [-0.2, 0) is 0 Å². The van der Waals surface area contributed by atoms with Crippen LogP contribution in [0, 0.1) is 6.92 Å². The summed E-state index contributed by atoms with van der Waals surface area (Å²) in [6.07, 6.45) is 2.40. The van der Waals surface area contributed by atoms with E-state index in [0.29, 0.717) is 11.6 Å². The molecule has 16 heavy (non-hydrogen) atoms. The van der Waals surface area contributed by atoms with E-state index in [0.717, 1.165) is 17.0 Å². The molecule has 0 bridgehead atoms. The van der Waals surface area contributed by atoms with Crippen LogP contribution in [-0.4, -0.2) is 15.2 Å². The van der Waals surface area contributed by atoms with E-state index in [9.17, 15) is 4.79 Å². The zero-order valence-corrected chi connectivity index (χ0v) is 9.53. The number of ketones is 1. The fraction of sp³-hybridized carbons (Fsp3) is 0.385. The summed E-state index contributed by atoms with van der Waals surface area (Å²) in [6, 6.07) is 6.02. The Hall–Kier alpha value is -1.64. The summed E-state index contributed by atoms with van der Waals surface area (Å²) >= 11 is 0. The van der Waals surface area contributed by atoms with Crippen LogP contribution in [0.25, 0.3) is 5.52 Å². The van der Waals surface area contributed by atoms with Gasteiger partial charge < -0.3 is 4.40 Å². The number of pyridine rings is 1. The number of nitrogens with zero attached hydrogens (tertiary/aromatic N) is 2. The quantitative estimate of drug-likeness (QED) is 0.720. The zero-order chi connectivity index (χ0) is 11.3. The number of hydrogen-bond acceptors (Lipinski definition) is 2. The first kappa shape index (κ1) is 9.58. The molecular weight excluding hydrogens is 200 g/mol. The second kappa shape index (κ2) is 3.17. The first-order valence-electron chi connectivity index (χ1n) is 5.67. The number of carbonyl (C=O) groups is 1. The van der Waals surface area contributed by atoms with Crippen LogP contribution in [0.4, 0.5) is 0 Å². The molecule has 2 aromatic heterocycles. The largest absolute Gasteiger partial charge is 0.300 e. The van der Waals surface area contributed by atoms with E-state index < -0.39 is 0 Å². The van der Waals surface area contributed by atoms with E-state index in [2.05, 4.69) is 22.4 Å². The predicted molar refractivity (Wildman–Crippen MR) is 61.9 cm³/mol. The second-order valence-corrected chi connectivity index (χ2v) is 4.54. The van der Waals surface area contributed by atoms with Crippen LogP contribution >= 0.6 is 0 Å². The summed E-state index contributed by atoms with van der Waals surface area (Å²) in [7, 11) is 0. The number of rotatable bonds is 2. The fourth-order valence-corrected chi connectivity index (χ4v) is 2.20. The van der Waals surface area contributed by atoms with Crippen molar-refractivity contribution in [3.05, 3.63) is 35.4 Å². The highest BCUT2D eigenvalue weighted by Crippen LogP contribution is 2.40. The lowest BCUT2D eigenvalue weighted by molar-refractivity contribution is 0.101. The lowest BCUT2D eigenvalue weighted by Crippen LogP contribution is -1.96. The van der Waals surface area contributed by atoms with Crippen LogP contribution in [0.15, 0.2) is 18.2 Å². The molecule has 3 heteroatoms.